The third-order valence-corrected chi connectivity index (χ3v) is 2.89. The van der Waals surface area contributed by atoms with Crippen molar-refractivity contribution in [3.05, 3.63) is 53.1 Å². The van der Waals surface area contributed by atoms with Gasteiger partial charge in [-0.25, -0.2) is 4.98 Å². The Morgan fingerprint density at radius 3 is 2.39 bits per heavy atom. The van der Waals surface area contributed by atoms with Crippen LogP contribution >= 0.6 is 36.4 Å². The second-order valence-corrected chi connectivity index (χ2v) is 4.21. The van der Waals surface area contributed by atoms with Crippen molar-refractivity contribution in [2.45, 2.75) is 12.3 Å². The Hall–Kier alpha value is -0.740. The largest absolute Gasteiger partial charge is 0.348 e. The van der Waals surface area contributed by atoms with Crippen LogP contribution in [-0.2, 0) is 6.42 Å². The highest BCUT2D eigenvalue weighted by Crippen LogP contribution is 2.19. The van der Waals surface area contributed by atoms with Gasteiger partial charge in [0.25, 0.3) is 0 Å². The van der Waals surface area contributed by atoms with Crippen LogP contribution in [0.5, 0.6) is 0 Å². The summed E-state index contributed by atoms with van der Waals surface area (Å²) in [5, 5.41) is 0.759. The Kier molecular flexibility index (Phi) is 8.03. The third-order valence-electron chi connectivity index (χ3n) is 2.64. The quantitative estimate of drug-likeness (QED) is 0.911. The van der Waals surface area contributed by atoms with Crippen LogP contribution in [0.25, 0.3) is 0 Å². The summed E-state index contributed by atoms with van der Waals surface area (Å²) in [5.74, 6) is 0.281. The lowest BCUT2D eigenvalue weighted by atomic mass is 9.97. The average molecular weight is 309 g/mol. The number of aromatic amines is 1. The minimum absolute atomic E-state index is 0. The molecule has 0 fully saturated rings. The number of H-pyrrole nitrogens is 1. The predicted octanol–water partition coefficient (Wildman–Crippen LogP) is 3.19. The highest BCUT2D eigenvalue weighted by molar-refractivity contribution is 6.30. The predicted molar refractivity (Wildman–Crippen MR) is 80.0 cm³/mol. The van der Waals surface area contributed by atoms with Gasteiger partial charge in [-0.3, -0.25) is 0 Å². The Balaban J connectivity index is 0.00000144. The molecule has 3 N–H and O–H groups in total. The van der Waals surface area contributed by atoms with Gasteiger partial charge in [0.1, 0.15) is 0 Å². The van der Waals surface area contributed by atoms with E-state index in [1.807, 2.05) is 30.5 Å². The van der Waals surface area contributed by atoms with Gasteiger partial charge >= 0.3 is 0 Å². The van der Waals surface area contributed by atoms with Crippen LogP contribution in [0.1, 0.15) is 17.2 Å². The first-order chi connectivity index (χ1) is 7.79. The summed E-state index contributed by atoms with van der Waals surface area (Å²) in [6.45, 7) is 0.602. The second-order valence-electron chi connectivity index (χ2n) is 3.77. The molecule has 0 saturated carbocycles. The molecule has 1 atom stereocenters. The molecule has 1 unspecified atom stereocenters. The number of rotatable bonds is 4. The van der Waals surface area contributed by atoms with Gasteiger partial charge in [0.2, 0.25) is 0 Å². The van der Waals surface area contributed by atoms with E-state index in [1.165, 1.54) is 5.56 Å². The lowest BCUT2D eigenvalue weighted by Gasteiger charge is -2.12. The monoisotopic (exact) mass is 307 g/mol. The Morgan fingerprint density at radius 1 is 1.22 bits per heavy atom. The first kappa shape index (κ1) is 17.3. The van der Waals surface area contributed by atoms with Crippen LogP contribution in [0.15, 0.2) is 36.8 Å². The van der Waals surface area contributed by atoms with Gasteiger partial charge in [-0.1, -0.05) is 23.7 Å². The van der Waals surface area contributed by atoms with Crippen LogP contribution in [0.4, 0.5) is 0 Å². The summed E-state index contributed by atoms with van der Waals surface area (Å²) in [4.78, 5) is 7.12. The van der Waals surface area contributed by atoms with Crippen molar-refractivity contribution in [3.63, 3.8) is 0 Å². The van der Waals surface area contributed by atoms with E-state index >= 15 is 0 Å². The third kappa shape index (κ3) is 4.50. The first-order valence-electron chi connectivity index (χ1n) is 5.22. The molecular formula is C12H16Cl3N3. The molecule has 18 heavy (non-hydrogen) atoms. The topological polar surface area (TPSA) is 54.7 Å². The first-order valence-corrected chi connectivity index (χ1v) is 5.60. The van der Waals surface area contributed by atoms with Crippen LogP contribution in [0, 0.1) is 0 Å². The van der Waals surface area contributed by atoms with E-state index in [-0.39, 0.29) is 30.7 Å². The van der Waals surface area contributed by atoms with Crippen molar-refractivity contribution in [2.75, 3.05) is 6.54 Å². The van der Waals surface area contributed by atoms with Gasteiger partial charge in [-0.2, -0.15) is 0 Å². The molecule has 1 aromatic carbocycles. The molecule has 2 aromatic rings. The van der Waals surface area contributed by atoms with Gasteiger partial charge in [-0.05, 0) is 24.1 Å². The molecule has 0 aliphatic heterocycles. The van der Waals surface area contributed by atoms with Gasteiger partial charge < -0.3 is 10.7 Å². The van der Waals surface area contributed by atoms with E-state index in [9.17, 15) is 0 Å². The second kappa shape index (κ2) is 8.38. The highest BCUT2D eigenvalue weighted by Gasteiger charge is 2.11. The number of halogens is 3. The molecule has 6 heteroatoms. The summed E-state index contributed by atoms with van der Waals surface area (Å²) in [5.41, 5.74) is 8.08. The molecule has 0 radical (unpaired) electrons. The maximum Gasteiger partial charge on any atom is 0.0921 e. The SMILES string of the molecule is Cl.Cl.NCC(Cc1ccc(Cl)cc1)c1cnc[nH]1. The number of aromatic nitrogens is 2. The zero-order valence-corrected chi connectivity index (χ0v) is 12.1. The summed E-state index contributed by atoms with van der Waals surface area (Å²) >= 11 is 5.84. The van der Waals surface area contributed by atoms with E-state index in [0.29, 0.717) is 6.54 Å². The number of benzene rings is 1. The lowest BCUT2D eigenvalue weighted by Crippen LogP contribution is -2.15. The van der Waals surface area contributed by atoms with Crippen molar-refractivity contribution in [1.82, 2.24) is 9.97 Å². The molecule has 0 saturated heterocycles. The van der Waals surface area contributed by atoms with Gasteiger partial charge in [0.05, 0.1) is 6.33 Å². The minimum atomic E-state index is 0. The van der Waals surface area contributed by atoms with Gasteiger partial charge in [0, 0.05) is 29.4 Å². The minimum Gasteiger partial charge on any atom is -0.348 e. The standard InChI is InChI=1S/C12H14ClN3.2ClH/c13-11-3-1-9(2-4-11)5-10(6-14)12-7-15-8-16-12;;/h1-4,7-8,10H,5-6,14H2,(H,15,16);2*1H. The molecule has 2 rings (SSSR count). The molecule has 0 aliphatic carbocycles. The normalized spacial score (nSPS) is 11.2. The zero-order valence-electron chi connectivity index (χ0n) is 9.67. The van der Waals surface area contributed by atoms with E-state index in [1.54, 1.807) is 6.33 Å². The number of nitrogens with two attached hydrogens (primary N) is 1. The Labute approximate surface area is 124 Å². The maximum absolute atomic E-state index is 5.84. The molecule has 1 heterocycles. The molecule has 0 amide bonds. The molecule has 0 bridgehead atoms. The van der Waals surface area contributed by atoms with Crippen molar-refractivity contribution >= 4 is 36.4 Å². The van der Waals surface area contributed by atoms with Crippen molar-refractivity contribution < 1.29 is 0 Å². The van der Waals surface area contributed by atoms with Crippen LogP contribution in [0.3, 0.4) is 0 Å². The lowest BCUT2D eigenvalue weighted by molar-refractivity contribution is 0.677. The van der Waals surface area contributed by atoms with E-state index in [2.05, 4.69) is 9.97 Å². The van der Waals surface area contributed by atoms with E-state index in [0.717, 1.165) is 17.1 Å². The number of nitrogens with one attached hydrogen (secondary N) is 1. The smallest absolute Gasteiger partial charge is 0.0921 e. The number of hydrogen-bond acceptors (Lipinski definition) is 2. The van der Waals surface area contributed by atoms with E-state index < -0.39 is 0 Å². The molecule has 0 spiro atoms. The highest BCUT2D eigenvalue weighted by atomic mass is 35.5. The fraction of sp³-hybridized carbons (Fsp3) is 0.250. The van der Waals surface area contributed by atoms with Crippen LogP contribution in [0.2, 0.25) is 5.02 Å². The summed E-state index contributed by atoms with van der Waals surface area (Å²) in [6.07, 6.45) is 4.41. The molecule has 1 aromatic heterocycles. The maximum atomic E-state index is 5.84. The molecule has 0 aliphatic rings. The Bertz CT molecular complexity index is 428. The molecular weight excluding hydrogens is 293 g/mol. The zero-order chi connectivity index (χ0) is 11.4. The van der Waals surface area contributed by atoms with Crippen molar-refractivity contribution in [3.8, 4) is 0 Å². The molecule has 100 valence electrons. The summed E-state index contributed by atoms with van der Waals surface area (Å²) in [6, 6.07) is 7.86. The van der Waals surface area contributed by atoms with E-state index in [4.69, 9.17) is 17.3 Å². The number of hydrogen-bond donors (Lipinski definition) is 2. The van der Waals surface area contributed by atoms with Gasteiger partial charge in [0.15, 0.2) is 0 Å². The number of nitrogens with zero attached hydrogens (tertiary/aromatic N) is 1. The van der Waals surface area contributed by atoms with Crippen LogP contribution < -0.4 is 5.73 Å². The number of imidazole rings is 1. The van der Waals surface area contributed by atoms with Crippen LogP contribution in [-0.4, -0.2) is 16.5 Å². The molecule has 3 nitrogen and oxygen atoms in total. The summed E-state index contributed by atoms with van der Waals surface area (Å²) < 4.78 is 0. The van der Waals surface area contributed by atoms with Crippen molar-refractivity contribution in [2.24, 2.45) is 5.73 Å². The van der Waals surface area contributed by atoms with Gasteiger partial charge in [-0.15, -0.1) is 24.8 Å². The van der Waals surface area contributed by atoms with Crippen molar-refractivity contribution in [1.29, 1.82) is 0 Å². The summed E-state index contributed by atoms with van der Waals surface area (Å²) in [7, 11) is 0. The Morgan fingerprint density at radius 2 is 1.89 bits per heavy atom. The fourth-order valence-electron chi connectivity index (χ4n) is 1.72. The average Bonchev–Trinajstić information content (AvgIpc) is 2.82. The fourth-order valence-corrected chi connectivity index (χ4v) is 1.84.